The number of aromatic nitrogens is 2. The third-order valence-electron chi connectivity index (χ3n) is 4.47. The number of aryl methyl sites for hydroxylation is 3. The number of rotatable bonds is 4. The van der Waals surface area contributed by atoms with Gasteiger partial charge in [0.25, 0.3) is 0 Å². The molecule has 2 aromatic heterocycles. The first-order valence-corrected chi connectivity index (χ1v) is 8.47. The number of hydrogen-bond acceptors (Lipinski definition) is 2. The lowest BCUT2D eigenvalue weighted by Gasteiger charge is -2.05. The van der Waals surface area contributed by atoms with E-state index in [1.807, 2.05) is 18.5 Å². The van der Waals surface area contributed by atoms with Crippen molar-refractivity contribution in [1.82, 2.24) is 9.97 Å². The number of nitrogens with zero attached hydrogens (tertiary/aromatic N) is 2. The second-order valence-corrected chi connectivity index (χ2v) is 6.43. The van der Waals surface area contributed by atoms with E-state index in [1.54, 1.807) is 0 Å². The van der Waals surface area contributed by atoms with E-state index in [1.165, 1.54) is 27.5 Å². The zero-order chi connectivity index (χ0) is 16.4. The van der Waals surface area contributed by atoms with Gasteiger partial charge in [0.15, 0.2) is 0 Å². The Hall–Kier alpha value is -2.74. The summed E-state index contributed by atoms with van der Waals surface area (Å²) in [5, 5.41) is 2.46. The minimum atomic E-state index is 1.05. The Morgan fingerprint density at radius 3 is 2.17 bits per heavy atom. The van der Waals surface area contributed by atoms with Gasteiger partial charge in [-0.15, -0.1) is 0 Å². The number of benzene rings is 2. The van der Waals surface area contributed by atoms with E-state index in [4.69, 9.17) is 0 Å². The van der Waals surface area contributed by atoms with Crippen molar-refractivity contribution in [3.05, 3.63) is 83.7 Å². The second-order valence-electron chi connectivity index (χ2n) is 6.43. The highest BCUT2D eigenvalue weighted by Crippen LogP contribution is 2.18. The largest absolute Gasteiger partial charge is 0.256 e. The smallest absolute Gasteiger partial charge is 0.0702 e. The van der Waals surface area contributed by atoms with Crippen LogP contribution in [0, 0.1) is 6.92 Å². The molecule has 4 aromatic rings. The van der Waals surface area contributed by atoms with Crippen LogP contribution in [-0.4, -0.2) is 9.97 Å². The van der Waals surface area contributed by atoms with E-state index in [0.717, 1.165) is 30.3 Å². The molecule has 0 radical (unpaired) electrons. The molecule has 0 bridgehead atoms. The van der Waals surface area contributed by atoms with E-state index in [2.05, 4.69) is 65.4 Å². The van der Waals surface area contributed by atoms with Gasteiger partial charge in [-0.05, 0) is 67.6 Å². The first kappa shape index (κ1) is 14.8. The molecule has 0 fully saturated rings. The highest BCUT2D eigenvalue weighted by atomic mass is 14.7. The molecule has 118 valence electrons. The summed E-state index contributed by atoms with van der Waals surface area (Å²) >= 11 is 0. The van der Waals surface area contributed by atoms with E-state index in [9.17, 15) is 0 Å². The van der Waals surface area contributed by atoms with Crippen LogP contribution in [0.1, 0.15) is 23.1 Å². The van der Waals surface area contributed by atoms with Crippen LogP contribution in [-0.2, 0) is 12.8 Å². The number of pyridine rings is 2. The topological polar surface area (TPSA) is 25.8 Å². The Labute approximate surface area is 142 Å². The van der Waals surface area contributed by atoms with Crippen LogP contribution in [0.5, 0.6) is 0 Å². The number of fused-ring (bicyclic) bond motifs is 2. The van der Waals surface area contributed by atoms with Crippen LogP contribution < -0.4 is 0 Å². The molecule has 2 heterocycles. The molecule has 0 saturated carbocycles. The summed E-state index contributed by atoms with van der Waals surface area (Å²) in [7, 11) is 0. The molecule has 0 aliphatic rings. The van der Waals surface area contributed by atoms with Crippen LogP contribution in [0.3, 0.4) is 0 Å². The Bertz CT molecular complexity index is 1000. The SMILES string of the molecule is Cc1ccc2ncc(CCCc3cnc4ccccc4c3)cc2c1. The summed E-state index contributed by atoms with van der Waals surface area (Å²) < 4.78 is 0. The van der Waals surface area contributed by atoms with Gasteiger partial charge in [-0.2, -0.15) is 0 Å². The molecule has 24 heavy (non-hydrogen) atoms. The molecule has 2 aromatic carbocycles. The Kier molecular flexibility index (Phi) is 3.96. The van der Waals surface area contributed by atoms with Crippen LogP contribution in [0.2, 0.25) is 0 Å². The fourth-order valence-electron chi connectivity index (χ4n) is 3.18. The molecule has 0 spiro atoms. The summed E-state index contributed by atoms with van der Waals surface area (Å²) in [5.74, 6) is 0. The summed E-state index contributed by atoms with van der Waals surface area (Å²) in [6.07, 6.45) is 7.22. The summed E-state index contributed by atoms with van der Waals surface area (Å²) in [5.41, 5.74) is 6.03. The third kappa shape index (κ3) is 3.13. The van der Waals surface area contributed by atoms with Gasteiger partial charge in [-0.25, -0.2) is 0 Å². The highest BCUT2D eigenvalue weighted by molar-refractivity contribution is 5.80. The maximum Gasteiger partial charge on any atom is 0.0702 e. The average molecular weight is 312 g/mol. The van der Waals surface area contributed by atoms with Crippen LogP contribution >= 0.6 is 0 Å². The molecule has 0 atom stereocenters. The maximum atomic E-state index is 4.58. The Morgan fingerprint density at radius 1 is 0.708 bits per heavy atom. The fraction of sp³-hybridized carbons (Fsp3) is 0.182. The van der Waals surface area contributed by atoms with Gasteiger partial charge in [0.2, 0.25) is 0 Å². The molecule has 0 unspecified atom stereocenters. The zero-order valence-corrected chi connectivity index (χ0v) is 13.9. The Morgan fingerprint density at radius 2 is 1.38 bits per heavy atom. The highest BCUT2D eigenvalue weighted by Gasteiger charge is 2.01. The fourth-order valence-corrected chi connectivity index (χ4v) is 3.18. The summed E-state index contributed by atoms with van der Waals surface area (Å²) in [4.78, 5) is 9.12. The number of para-hydroxylation sites is 1. The molecule has 2 heteroatoms. The number of hydrogen-bond donors (Lipinski definition) is 0. The van der Waals surface area contributed by atoms with Gasteiger partial charge in [0.1, 0.15) is 0 Å². The molecule has 2 nitrogen and oxygen atoms in total. The van der Waals surface area contributed by atoms with Gasteiger partial charge in [-0.1, -0.05) is 29.8 Å². The molecular formula is C22H20N2. The Balaban J connectivity index is 1.46. The van der Waals surface area contributed by atoms with Gasteiger partial charge in [0, 0.05) is 23.2 Å². The predicted octanol–water partition coefficient (Wildman–Crippen LogP) is 5.27. The van der Waals surface area contributed by atoms with E-state index in [-0.39, 0.29) is 0 Å². The van der Waals surface area contributed by atoms with Crippen LogP contribution in [0.4, 0.5) is 0 Å². The molecule has 0 N–H and O–H groups in total. The lowest BCUT2D eigenvalue weighted by atomic mass is 10.0. The zero-order valence-electron chi connectivity index (χ0n) is 13.9. The van der Waals surface area contributed by atoms with Crippen LogP contribution in [0.15, 0.2) is 67.0 Å². The van der Waals surface area contributed by atoms with Crippen molar-refractivity contribution in [3.8, 4) is 0 Å². The molecule has 4 rings (SSSR count). The van der Waals surface area contributed by atoms with Crippen molar-refractivity contribution in [2.24, 2.45) is 0 Å². The standard InChI is InChI=1S/C22H20N2/c1-16-9-10-22-20(11-16)13-18(15-24-22)6-4-5-17-12-19-7-2-3-8-21(19)23-14-17/h2-3,7-15H,4-6H2,1H3. The van der Waals surface area contributed by atoms with Crippen molar-refractivity contribution in [2.45, 2.75) is 26.2 Å². The summed E-state index contributed by atoms with van der Waals surface area (Å²) in [6, 6.07) is 19.2. The van der Waals surface area contributed by atoms with Crippen molar-refractivity contribution in [3.63, 3.8) is 0 Å². The monoisotopic (exact) mass is 312 g/mol. The summed E-state index contributed by atoms with van der Waals surface area (Å²) in [6.45, 7) is 2.12. The van der Waals surface area contributed by atoms with Crippen molar-refractivity contribution in [1.29, 1.82) is 0 Å². The molecular weight excluding hydrogens is 292 g/mol. The molecule has 0 aliphatic carbocycles. The lowest BCUT2D eigenvalue weighted by molar-refractivity contribution is 0.817. The first-order valence-electron chi connectivity index (χ1n) is 8.47. The normalized spacial score (nSPS) is 11.2. The molecule has 0 amide bonds. The second kappa shape index (κ2) is 6.40. The minimum absolute atomic E-state index is 1.05. The predicted molar refractivity (Wildman–Crippen MR) is 100 cm³/mol. The van der Waals surface area contributed by atoms with Crippen molar-refractivity contribution < 1.29 is 0 Å². The molecule has 0 aliphatic heterocycles. The third-order valence-corrected chi connectivity index (χ3v) is 4.47. The van der Waals surface area contributed by atoms with Gasteiger partial charge < -0.3 is 0 Å². The van der Waals surface area contributed by atoms with Gasteiger partial charge in [0.05, 0.1) is 11.0 Å². The first-order chi connectivity index (χ1) is 11.8. The van der Waals surface area contributed by atoms with E-state index in [0.29, 0.717) is 0 Å². The average Bonchev–Trinajstić information content (AvgIpc) is 2.61. The maximum absolute atomic E-state index is 4.58. The molecule has 0 saturated heterocycles. The quantitative estimate of drug-likeness (QED) is 0.513. The van der Waals surface area contributed by atoms with E-state index >= 15 is 0 Å². The van der Waals surface area contributed by atoms with Crippen molar-refractivity contribution >= 4 is 21.8 Å². The lowest BCUT2D eigenvalue weighted by Crippen LogP contribution is -1.93. The van der Waals surface area contributed by atoms with E-state index < -0.39 is 0 Å². The minimum Gasteiger partial charge on any atom is -0.256 e. The van der Waals surface area contributed by atoms with Gasteiger partial charge in [-0.3, -0.25) is 9.97 Å². The van der Waals surface area contributed by atoms with Crippen LogP contribution in [0.25, 0.3) is 21.8 Å². The van der Waals surface area contributed by atoms with Gasteiger partial charge >= 0.3 is 0 Å². The van der Waals surface area contributed by atoms with Crippen molar-refractivity contribution in [2.75, 3.05) is 0 Å².